The van der Waals surface area contributed by atoms with E-state index in [-0.39, 0.29) is 12.1 Å². The lowest BCUT2D eigenvalue weighted by Gasteiger charge is -2.27. The zero-order valence-electron chi connectivity index (χ0n) is 24.2. The van der Waals surface area contributed by atoms with Crippen LogP contribution in [0.2, 0.25) is 0 Å². The number of benzene rings is 4. The van der Waals surface area contributed by atoms with Gasteiger partial charge in [0, 0.05) is 11.4 Å². The molecule has 40 heavy (non-hydrogen) atoms. The molecule has 0 saturated carbocycles. The summed E-state index contributed by atoms with van der Waals surface area (Å²) < 4.78 is 0. The summed E-state index contributed by atoms with van der Waals surface area (Å²) in [6.07, 6.45) is 0. The lowest BCUT2D eigenvalue weighted by Crippen LogP contribution is -2.43. The smallest absolute Gasteiger partial charge is 0.319 e. The molecule has 0 fully saturated rings. The van der Waals surface area contributed by atoms with Crippen LogP contribution < -0.4 is 21.3 Å². The molecule has 0 radical (unpaired) electrons. The van der Waals surface area contributed by atoms with Crippen LogP contribution in [-0.2, 0) is 11.1 Å². The van der Waals surface area contributed by atoms with E-state index in [0.717, 1.165) is 22.5 Å². The first-order chi connectivity index (χ1) is 18.9. The second kappa shape index (κ2) is 13.5. The van der Waals surface area contributed by atoms with Gasteiger partial charge in [0.05, 0.1) is 11.1 Å². The monoisotopic (exact) mass is 536 g/mol. The van der Waals surface area contributed by atoms with E-state index in [4.69, 9.17) is 0 Å². The van der Waals surface area contributed by atoms with Crippen LogP contribution in [0.1, 0.15) is 49.9 Å². The molecular formula is C34H40N4O2. The fourth-order valence-corrected chi connectivity index (χ4v) is 4.02. The molecule has 4 aromatic rings. The van der Waals surface area contributed by atoms with Crippen molar-refractivity contribution in [1.82, 2.24) is 10.6 Å². The minimum absolute atomic E-state index is 0.206. The third-order valence-electron chi connectivity index (χ3n) is 6.46. The molecule has 0 saturated heterocycles. The van der Waals surface area contributed by atoms with Gasteiger partial charge in [-0.05, 0) is 76.9 Å². The summed E-state index contributed by atoms with van der Waals surface area (Å²) in [5.41, 5.74) is 5.21. The lowest BCUT2D eigenvalue weighted by molar-refractivity contribution is 0.241. The second-order valence-electron chi connectivity index (χ2n) is 10.9. The van der Waals surface area contributed by atoms with E-state index >= 15 is 0 Å². The number of anilines is 2. The molecule has 4 amide bonds. The van der Waals surface area contributed by atoms with Gasteiger partial charge in [-0.1, -0.05) is 96.1 Å². The number of carbonyl (C=O) groups excluding carboxylic acids is 2. The number of hydrogen-bond donors (Lipinski definition) is 4. The highest BCUT2D eigenvalue weighted by Crippen LogP contribution is 2.21. The molecule has 6 heteroatoms. The Morgan fingerprint density at radius 2 is 0.775 bits per heavy atom. The maximum absolute atomic E-state index is 12.1. The topological polar surface area (TPSA) is 82.3 Å². The zero-order chi connectivity index (χ0) is 29.2. The minimum Gasteiger partial charge on any atom is -0.329 e. The summed E-state index contributed by atoms with van der Waals surface area (Å²) >= 11 is 0. The van der Waals surface area contributed by atoms with E-state index in [2.05, 4.69) is 21.3 Å². The quantitative estimate of drug-likeness (QED) is 0.201. The molecular weight excluding hydrogens is 496 g/mol. The fraction of sp³-hybridized carbons (Fsp3) is 0.235. The first-order valence-electron chi connectivity index (χ1n) is 13.4. The first-order valence-corrected chi connectivity index (χ1v) is 13.4. The van der Waals surface area contributed by atoms with Crippen LogP contribution in [0.4, 0.5) is 21.0 Å². The van der Waals surface area contributed by atoms with E-state index in [1.165, 1.54) is 11.1 Å². The van der Waals surface area contributed by atoms with Crippen molar-refractivity contribution in [1.29, 1.82) is 0 Å². The van der Waals surface area contributed by atoms with Gasteiger partial charge in [0.2, 0.25) is 0 Å². The van der Waals surface area contributed by atoms with Crippen molar-refractivity contribution in [2.24, 2.45) is 0 Å². The summed E-state index contributed by atoms with van der Waals surface area (Å²) in [4.78, 5) is 24.1. The Labute approximate surface area is 238 Å². The van der Waals surface area contributed by atoms with Crippen LogP contribution >= 0.6 is 0 Å². The maximum Gasteiger partial charge on any atom is 0.319 e. The van der Waals surface area contributed by atoms with Crippen molar-refractivity contribution in [2.75, 3.05) is 10.6 Å². The van der Waals surface area contributed by atoms with Crippen LogP contribution in [0.15, 0.2) is 109 Å². The Bertz CT molecular complexity index is 1260. The molecule has 0 aliphatic rings. The lowest BCUT2D eigenvalue weighted by atomic mass is 9.95. The van der Waals surface area contributed by atoms with Gasteiger partial charge in [-0.2, -0.15) is 0 Å². The summed E-state index contributed by atoms with van der Waals surface area (Å²) in [6.45, 7) is 12.0. The van der Waals surface area contributed by atoms with Crippen molar-refractivity contribution in [3.05, 3.63) is 131 Å². The van der Waals surface area contributed by atoms with Gasteiger partial charge in [-0.3, -0.25) is 0 Å². The molecule has 208 valence electrons. The average Bonchev–Trinajstić information content (AvgIpc) is 2.92. The predicted octanol–water partition coefficient (Wildman–Crippen LogP) is 8.10. The molecule has 6 nitrogen and oxygen atoms in total. The first kappa shape index (κ1) is 30.0. The highest BCUT2D eigenvalue weighted by atomic mass is 16.2. The Morgan fingerprint density at radius 3 is 1.07 bits per heavy atom. The van der Waals surface area contributed by atoms with Gasteiger partial charge < -0.3 is 21.3 Å². The Morgan fingerprint density at radius 1 is 0.475 bits per heavy atom. The average molecular weight is 537 g/mol. The molecule has 0 bridgehead atoms. The third kappa shape index (κ3) is 9.31. The normalized spacial score (nSPS) is 10.9. The van der Waals surface area contributed by atoms with Crippen molar-refractivity contribution in [3.8, 4) is 0 Å². The van der Waals surface area contributed by atoms with E-state index in [1.807, 2.05) is 151 Å². The molecule has 0 heterocycles. The Balaban J connectivity index is 0.000000220. The summed E-state index contributed by atoms with van der Waals surface area (Å²) in [6, 6.07) is 34.9. The summed E-state index contributed by atoms with van der Waals surface area (Å²) in [5.74, 6) is 0. The predicted molar refractivity (Wildman–Crippen MR) is 166 cm³/mol. The van der Waals surface area contributed by atoms with Crippen molar-refractivity contribution < 1.29 is 9.59 Å². The van der Waals surface area contributed by atoms with Gasteiger partial charge in [0.25, 0.3) is 0 Å². The largest absolute Gasteiger partial charge is 0.329 e. The number of urea groups is 2. The van der Waals surface area contributed by atoms with Crippen molar-refractivity contribution in [2.45, 2.75) is 52.6 Å². The van der Waals surface area contributed by atoms with Crippen LogP contribution in [-0.4, -0.2) is 12.1 Å². The molecule has 0 unspecified atom stereocenters. The zero-order valence-corrected chi connectivity index (χ0v) is 24.2. The van der Waals surface area contributed by atoms with Crippen LogP contribution in [0.3, 0.4) is 0 Å². The number of rotatable bonds is 6. The number of aryl methyl sites for hydroxylation is 2. The number of nitrogens with one attached hydrogen (secondary N) is 4. The SMILES string of the molecule is Cc1ccc(NC(=O)NC(C)(C)c2ccccc2)cc1.Cc1ccc(NC(=O)NC(C)(C)c2ccccc2)cc1. The van der Waals surface area contributed by atoms with Crippen LogP contribution in [0.25, 0.3) is 0 Å². The number of hydrogen-bond acceptors (Lipinski definition) is 2. The van der Waals surface area contributed by atoms with E-state index in [9.17, 15) is 9.59 Å². The number of amides is 4. The van der Waals surface area contributed by atoms with Gasteiger partial charge in [-0.25, -0.2) is 9.59 Å². The van der Waals surface area contributed by atoms with Gasteiger partial charge >= 0.3 is 12.1 Å². The van der Waals surface area contributed by atoms with Crippen LogP contribution in [0.5, 0.6) is 0 Å². The third-order valence-corrected chi connectivity index (χ3v) is 6.46. The molecule has 0 aliphatic heterocycles. The molecule has 4 aromatic carbocycles. The standard InChI is InChI=1S/2C17H20N2O/c2*1-13-9-11-15(12-10-13)18-16(20)19-17(2,3)14-7-5-4-6-8-14/h2*4-12H,1-3H3,(H2,18,19,20). The molecule has 0 spiro atoms. The van der Waals surface area contributed by atoms with Crippen molar-refractivity contribution in [3.63, 3.8) is 0 Å². The van der Waals surface area contributed by atoms with Crippen LogP contribution in [0, 0.1) is 13.8 Å². The minimum atomic E-state index is -0.421. The fourth-order valence-electron chi connectivity index (χ4n) is 4.02. The summed E-state index contributed by atoms with van der Waals surface area (Å²) in [7, 11) is 0. The molecule has 0 atom stereocenters. The summed E-state index contributed by atoms with van der Waals surface area (Å²) in [5, 5.41) is 11.7. The Kier molecular flexibility index (Phi) is 10.1. The molecule has 4 N–H and O–H groups in total. The highest BCUT2D eigenvalue weighted by Gasteiger charge is 2.23. The molecule has 0 aliphatic carbocycles. The van der Waals surface area contributed by atoms with Gasteiger partial charge in [0.15, 0.2) is 0 Å². The van der Waals surface area contributed by atoms with Gasteiger partial charge in [0.1, 0.15) is 0 Å². The molecule has 4 rings (SSSR count). The second-order valence-corrected chi connectivity index (χ2v) is 10.9. The number of carbonyl (C=O) groups is 2. The maximum atomic E-state index is 12.1. The van der Waals surface area contributed by atoms with E-state index < -0.39 is 11.1 Å². The van der Waals surface area contributed by atoms with Crippen molar-refractivity contribution >= 4 is 23.4 Å². The Hall–Kier alpha value is -4.58. The highest BCUT2D eigenvalue weighted by molar-refractivity contribution is 5.90. The van der Waals surface area contributed by atoms with E-state index in [1.54, 1.807) is 0 Å². The molecule has 0 aromatic heterocycles. The van der Waals surface area contributed by atoms with E-state index in [0.29, 0.717) is 0 Å². The van der Waals surface area contributed by atoms with Gasteiger partial charge in [-0.15, -0.1) is 0 Å².